The Morgan fingerprint density at radius 2 is 2.00 bits per heavy atom. The molecule has 1 aromatic rings. The van der Waals surface area contributed by atoms with Crippen molar-refractivity contribution in [3.05, 3.63) is 26.4 Å². The quantitative estimate of drug-likeness (QED) is 0.242. The maximum atomic E-state index is 12.7. The van der Waals surface area contributed by atoms with Crippen molar-refractivity contribution >= 4 is 28.4 Å². The van der Waals surface area contributed by atoms with Crippen LogP contribution in [0.3, 0.4) is 0 Å². The molecular weight excluding hydrogens is 334 g/mol. The third-order valence-corrected chi connectivity index (χ3v) is 4.19. The molecule has 2 heterocycles. The SMILES string of the molecule is CCCCn1c2c(c(=O)n(CCCC/C(N)=N/O)c1=O)CC(Cl)=N2. The average molecular weight is 356 g/mol. The van der Waals surface area contributed by atoms with Crippen LogP contribution in [0.1, 0.15) is 44.6 Å². The number of hydrogen-bond donors (Lipinski definition) is 2. The van der Waals surface area contributed by atoms with Gasteiger partial charge in [0, 0.05) is 25.9 Å². The molecule has 1 aromatic heterocycles. The summed E-state index contributed by atoms with van der Waals surface area (Å²) in [4.78, 5) is 29.4. The number of unbranched alkanes of at least 4 members (excludes halogenated alkanes) is 2. The van der Waals surface area contributed by atoms with Crippen LogP contribution in [0.4, 0.5) is 5.82 Å². The number of hydrogen-bond acceptors (Lipinski definition) is 5. The smallest absolute Gasteiger partial charge is 0.332 e. The van der Waals surface area contributed by atoms with Gasteiger partial charge in [-0.3, -0.25) is 13.9 Å². The van der Waals surface area contributed by atoms with Crippen molar-refractivity contribution in [2.24, 2.45) is 15.9 Å². The zero-order valence-electron chi connectivity index (χ0n) is 13.7. The van der Waals surface area contributed by atoms with Gasteiger partial charge in [0.2, 0.25) is 0 Å². The molecule has 0 unspecified atom stereocenters. The first-order valence-corrected chi connectivity index (χ1v) is 8.43. The molecule has 1 aliphatic rings. The predicted octanol–water partition coefficient (Wildman–Crippen LogP) is 1.55. The molecule has 9 heteroatoms. The van der Waals surface area contributed by atoms with E-state index < -0.39 is 0 Å². The maximum Gasteiger partial charge on any atom is 0.332 e. The molecular formula is C15H22ClN5O3. The van der Waals surface area contributed by atoms with E-state index in [4.69, 9.17) is 22.5 Å². The van der Waals surface area contributed by atoms with Gasteiger partial charge < -0.3 is 10.9 Å². The molecule has 0 radical (unpaired) electrons. The van der Waals surface area contributed by atoms with E-state index in [1.165, 1.54) is 4.57 Å². The molecule has 132 valence electrons. The van der Waals surface area contributed by atoms with Crippen LogP contribution in [0.15, 0.2) is 19.7 Å². The summed E-state index contributed by atoms with van der Waals surface area (Å²) in [6.45, 7) is 2.83. The van der Waals surface area contributed by atoms with E-state index in [9.17, 15) is 9.59 Å². The van der Waals surface area contributed by atoms with Crippen LogP contribution >= 0.6 is 11.6 Å². The summed E-state index contributed by atoms with van der Waals surface area (Å²) < 4.78 is 2.78. The van der Waals surface area contributed by atoms with Crippen LogP contribution in [0.2, 0.25) is 0 Å². The lowest BCUT2D eigenvalue weighted by molar-refractivity contribution is 0.316. The highest BCUT2D eigenvalue weighted by Gasteiger charge is 2.24. The summed E-state index contributed by atoms with van der Waals surface area (Å²) in [7, 11) is 0. The Kier molecular flexibility index (Phi) is 6.19. The second kappa shape index (κ2) is 8.14. The van der Waals surface area contributed by atoms with Crippen molar-refractivity contribution in [3.8, 4) is 0 Å². The van der Waals surface area contributed by atoms with Crippen molar-refractivity contribution in [3.63, 3.8) is 0 Å². The molecule has 0 aliphatic carbocycles. The van der Waals surface area contributed by atoms with Gasteiger partial charge in [0.1, 0.15) is 16.8 Å². The van der Waals surface area contributed by atoms with Crippen molar-refractivity contribution in [2.45, 2.75) is 58.5 Å². The lowest BCUT2D eigenvalue weighted by Crippen LogP contribution is -2.41. The molecule has 0 bridgehead atoms. The minimum Gasteiger partial charge on any atom is -0.409 e. The Labute approximate surface area is 144 Å². The van der Waals surface area contributed by atoms with Crippen molar-refractivity contribution in [2.75, 3.05) is 0 Å². The molecule has 1 aliphatic heterocycles. The first-order chi connectivity index (χ1) is 11.5. The van der Waals surface area contributed by atoms with E-state index in [-0.39, 0.29) is 30.1 Å². The second-order valence-electron chi connectivity index (χ2n) is 5.76. The lowest BCUT2D eigenvalue weighted by Gasteiger charge is -2.13. The number of aromatic nitrogens is 2. The van der Waals surface area contributed by atoms with E-state index in [0.717, 1.165) is 12.8 Å². The van der Waals surface area contributed by atoms with Crippen LogP contribution in [0, 0.1) is 0 Å². The molecule has 0 aromatic carbocycles. The van der Waals surface area contributed by atoms with Crippen LogP contribution in [-0.2, 0) is 19.5 Å². The summed E-state index contributed by atoms with van der Waals surface area (Å²) >= 11 is 5.97. The van der Waals surface area contributed by atoms with Crippen LogP contribution in [0.5, 0.6) is 0 Å². The Morgan fingerprint density at radius 1 is 1.29 bits per heavy atom. The molecule has 24 heavy (non-hydrogen) atoms. The Hall–Kier alpha value is -2.09. The molecule has 0 amide bonds. The highest BCUT2D eigenvalue weighted by Crippen LogP contribution is 2.24. The zero-order valence-corrected chi connectivity index (χ0v) is 14.4. The zero-order chi connectivity index (χ0) is 17.7. The van der Waals surface area contributed by atoms with Crippen molar-refractivity contribution in [1.82, 2.24) is 9.13 Å². The number of halogens is 1. The van der Waals surface area contributed by atoms with Crippen molar-refractivity contribution in [1.29, 1.82) is 0 Å². The third kappa shape index (κ3) is 3.87. The molecule has 0 fully saturated rings. The van der Waals surface area contributed by atoms with Gasteiger partial charge in [-0.05, 0) is 19.3 Å². The Morgan fingerprint density at radius 3 is 2.67 bits per heavy atom. The highest BCUT2D eigenvalue weighted by molar-refractivity contribution is 6.66. The minimum absolute atomic E-state index is 0.136. The van der Waals surface area contributed by atoms with Gasteiger partial charge in [-0.25, -0.2) is 9.79 Å². The molecule has 2 rings (SSSR count). The molecule has 8 nitrogen and oxygen atoms in total. The van der Waals surface area contributed by atoms with E-state index in [1.54, 1.807) is 4.57 Å². The van der Waals surface area contributed by atoms with Crippen LogP contribution < -0.4 is 17.0 Å². The molecule has 0 spiro atoms. The molecule has 0 saturated carbocycles. The average Bonchev–Trinajstić information content (AvgIpc) is 2.95. The number of nitrogens with two attached hydrogens (primary N) is 1. The Bertz CT molecular complexity index is 779. The molecule has 3 N–H and O–H groups in total. The monoisotopic (exact) mass is 355 g/mol. The summed E-state index contributed by atoms with van der Waals surface area (Å²) in [5.41, 5.74) is 5.21. The fourth-order valence-electron chi connectivity index (χ4n) is 2.67. The first-order valence-electron chi connectivity index (χ1n) is 8.05. The topological polar surface area (TPSA) is 115 Å². The van der Waals surface area contributed by atoms with E-state index in [1.807, 2.05) is 6.92 Å². The van der Waals surface area contributed by atoms with Gasteiger partial charge in [0.25, 0.3) is 5.56 Å². The van der Waals surface area contributed by atoms with Crippen LogP contribution in [0.25, 0.3) is 0 Å². The number of oxime groups is 1. The number of rotatable bonds is 8. The van der Waals surface area contributed by atoms with Crippen LogP contribution in [-0.4, -0.2) is 25.3 Å². The number of fused-ring (bicyclic) bond motifs is 1. The van der Waals surface area contributed by atoms with E-state index in [2.05, 4.69) is 10.1 Å². The van der Waals surface area contributed by atoms with E-state index in [0.29, 0.717) is 42.4 Å². The van der Waals surface area contributed by atoms with Gasteiger partial charge in [0.05, 0.1) is 5.56 Å². The van der Waals surface area contributed by atoms with Crippen molar-refractivity contribution < 1.29 is 5.21 Å². The van der Waals surface area contributed by atoms with Gasteiger partial charge in [-0.1, -0.05) is 30.1 Å². The first kappa shape index (κ1) is 18.3. The number of nitrogens with zero attached hydrogens (tertiary/aromatic N) is 4. The normalized spacial score (nSPS) is 13.9. The molecule has 0 saturated heterocycles. The standard InChI is InChI=1S/C15H22ClN5O3/c1-2-3-7-20-13-10(9-11(16)18-13)14(22)21(15(20)23)8-5-4-6-12(17)19-24/h24H,2-9H2,1H3,(H2,17,19). The summed E-state index contributed by atoms with van der Waals surface area (Å²) in [5, 5.41) is 11.7. The van der Waals surface area contributed by atoms with Gasteiger partial charge in [-0.15, -0.1) is 0 Å². The number of aliphatic imine (C=N–C) groups is 1. The van der Waals surface area contributed by atoms with Gasteiger partial charge in [-0.2, -0.15) is 0 Å². The van der Waals surface area contributed by atoms with Gasteiger partial charge in [0.15, 0.2) is 0 Å². The number of amidine groups is 1. The summed E-state index contributed by atoms with van der Waals surface area (Å²) in [6, 6.07) is 0. The largest absolute Gasteiger partial charge is 0.409 e. The molecule has 0 atom stereocenters. The Balaban J connectivity index is 2.28. The minimum atomic E-state index is -0.355. The highest BCUT2D eigenvalue weighted by atomic mass is 35.5. The second-order valence-corrected chi connectivity index (χ2v) is 6.20. The maximum absolute atomic E-state index is 12.7. The van der Waals surface area contributed by atoms with E-state index >= 15 is 0 Å². The fourth-order valence-corrected chi connectivity index (χ4v) is 2.88. The summed E-state index contributed by atoms with van der Waals surface area (Å²) in [6.07, 6.45) is 3.62. The third-order valence-electron chi connectivity index (χ3n) is 3.97. The summed E-state index contributed by atoms with van der Waals surface area (Å²) in [5.74, 6) is 0.535. The lowest BCUT2D eigenvalue weighted by atomic mass is 10.2. The predicted molar refractivity (Wildman–Crippen MR) is 93.8 cm³/mol. The fraction of sp³-hybridized carbons (Fsp3) is 0.600. The van der Waals surface area contributed by atoms with Gasteiger partial charge >= 0.3 is 5.69 Å².